The summed E-state index contributed by atoms with van der Waals surface area (Å²) in [7, 11) is 0. The van der Waals surface area contributed by atoms with Crippen LogP contribution in [0.4, 0.5) is 5.69 Å². The van der Waals surface area contributed by atoms with Crippen molar-refractivity contribution in [3.05, 3.63) is 28.2 Å². The molecule has 1 aromatic carbocycles. The normalized spacial score (nSPS) is 14.4. The summed E-state index contributed by atoms with van der Waals surface area (Å²) < 4.78 is 1.83. The first-order chi connectivity index (χ1) is 9.56. The number of halogens is 1. The second-order valence-electron chi connectivity index (χ2n) is 4.76. The molecule has 0 aliphatic carbocycles. The van der Waals surface area contributed by atoms with Crippen molar-refractivity contribution in [1.29, 1.82) is 0 Å². The molecule has 6 heteroatoms. The summed E-state index contributed by atoms with van der Waals surface area (Å²) in [6, 6.07) is 5.79. The van der Waals surface area contributed by atoms with Crippen LogP contribution in [0.3, 0.4) is 0 Å². The van der Waals surface area contributed by atoms with E-state index in [4.69, 9.17) is 12.2 Å². The monoisotopic (exact) mass is 372 g/mol. The maximum atomic E-state index is 11.9. The Bertz CT molecular complexity index is 516. The molecule has 1 aromatic rings. The number of thioether (sulfide) groups is 1. The Balaban J connectivity index is 1.80. The molecule has 1 amide bonds. The van der Waals surface area contributed by atoms with Crippen LogP contribution in [-0.2, 0) is 4.79 Å². The number of thiocarbonyl (C=S) groups is 1. The third-order valence-electron chi connectivity index (χ3n) is 3.15. The second-order valence-corrected chi connectivity index (χ2v) is 7.22. The summed E-state index contributed by atoms with van der Waals surface area (Å²) in [6.45, 7) is 4.07. The summed E-state index contributed by atoms with van der Waals surface area (Å²) in [4.78, 5) is 14.1. The van der Waals surface area contributed by atoms with E-state index in [0.29, 0.717) is 5.75 Å². The fraction of sp³-hybridized carbons (Fsp3) is 0.429. The zero-order chi connectivity index (χ0) is 14.5. The minimum Gasteiger partial charge on any atom is -0.358 e. The van der Waals surface area contributed by atoms with E-state index in [0.717, 1.165) is 33.1 Å². The van der Waals surface area contributed by atoms with E-state index in [1.807, 2.05) is 25.1 Å². The van der Waals surface area contributed by atoms with Crippen LogP contribution >= 0.6 is 39.9 Å². The van der Waals surface area contributed by atoms with Crippen LogP contribution in [0.25, 0.3) is 0 Å². The Morgan fingerprint density at radius 2 is 2.15 bits per heavy atom. The zero-order valence-corrected chi connectivity index (χ0v) is 14.5. The number of hydrogen-bond acceptors (Lipinski definition) is 3. The molecule has 20 heavy (non-hydrogen) atoms. The Morgan fingerprint density at radius 3 is 2.80 bits per heavy atom. The smallest absolute Gasteiger partial charge is 0.234 e. The molecular weight excluding hydrogens is 356 g/mol. The van der Waals surface area contributed by atoms with Crippen molar-refractivity contribution in [1.82, 2.24) is 4.90 Å². The van der Waals surface area contributed by atoms with Gasteiger partial charge in [0.1, 0.15) is 4.32 Å². The van der Waals surface area contributed by atoms with Gasteiger partial charge in [-0.05, 0) is 37.5 Å². The van der Waals surface area contributed by atoms with Crippen molar-refractivity contribution in [2.24, 2.45) is 0 Å². The number of nitrogens with one attached hydrogen (secondary N) is 1. The third kappa shape index (κ3) is 4.46. The van der Waals surface area contributed by atoms with Crippen molar-refractivity contribution in [2.45, 2.75) is 19.8 Å². The van der Waals surface area contributed by atoms with Crippen LogP contribution < -0.4 is 5.32 Å². The van der Waals surface area contributed by atoms with Gasteiger partial charge in [-0.2, -0.15) is 0 Å². The largest absolute Gasteiger partial charge is 0.358 e. The van der Waals surface area contributed by atoms with E-state index < -0.39 is 0 Å². The molecule has 108 valence electrons. The molecule has 3 nitrogen and oxygen atoms in total. The van der Waals surface area contributed by atoms with Crippen LogP contribution in [0.5, 0.6) is 0 Å². The molecule has 1 saturated heterocycles. The number of benzene rings is 1. The molecule has 1 fully saturated rings. The number of rotatable bonds is 3. The van der Waals surface area contributed by atoms with Gasteiger partial charge in [0.05, 0.1) is 5.75 Å². The molecule has 0 unspecified atom stereocenters. The molecule has 0 atom stereocenters. The Morgan fingerprint density at radius 1 is 1.45 bits per heavy atom. The van der Waals surface area contributed by atoms with Crippen molar-refractivity contribution in [2.75, 3.05) is 24.2 Å². The lowest BCUT2D eigenvalue weighted by molar-refractivity contribution is -0.113. The van der Waals surface area contributed by atoms with Crippen LogP contribution in [0, 0.1) is 6.92 Å². The predicted molar refractivity (Wildman–Crippen MR) is 93.4 cm³/mol. The quantitative estimate of drug-likeness (QED) is 0.817. The molecule has 1 heterocycles. The summed E-state index contributed by atoms with van der Waals surface area (Å²) >= 11 is 10.2. The standard InChI is InChI=1S/C14H17BrN2OS2/c1-10-4-5-11(8-12(10)15)16-13(18)9-20-14(19)17-6-2-3-7-17/h4-5,8H,2-3,6-7,9H2,1H3,(H,16,18). The van der Waals surface area contributed by atoms with Crippen LogP contribution in [0.15, 0.2) is 22.7 Å². The molecular formula is C14H17BrN2OS2. The van der Waals surface area contributed by atoms with Gasteiger partial charge in [-0.15, -0.1) is 0 Å². The molecule has 0 radical (unpaired) electrons. The number of anilines is 1. The van der Waals surface area contributed by atoms with E-state index in [9.17, 15) is 4.79 Å². The van der Waals surface area contributed by atoms with Gasteiger partial charge in [-0.1, -0.05) is 46.0 Å². The summed E-state index contributed by atoms with van der Waals surface area (Å²) in [5.41, 5.74) is 1.95. The fourth-order valence-corrected chi connectivity index (χ4v) is 3.42. The van der Waals surface area contributed by atoms with E-state index >= 15 is 0 Å². The van der Waals surface area contributed by atoms with Gasteiger partial charge < -0.3 is 10.2 Å². The lowest BCUT2D eigenvalue weighted by Gasteiger charge is -2.17. The molecule has 0 bridgehead atoms. The third-order valence-corrected chi connectivity index (χ3v) is 5.52. The van der Waals surface area contributed by atoms with Crippen molar-refractivity contribution >= 4 is 55.8 Å². The predicted octanol–water partition coefficient (Wildman–Crippen LogP) is 3.81. The topological polar surface area (TPSA) is 32.3 Å². The number of amides is 1. The number of hydrogen-bond donors (Lipinski definition) is 1. The number of nitrogens with zero attached hydrogens (tertiary/aromatic N) is 1. The highest BCUT2D eigenvalue weighted by Crippen LogP contribution is 2.21. The van der Waals surface area contributed by atoms with E-state index in [-0.39, 0.29) is 5.91 Å². The summed E-state index contributed by atoms with van der Waals surface area (Å²) in [5, 5.41) is 2.89. The lowest BCUT2D eigenvalue weighted by Crippen LogP contribution is -2.25. The van der Waals surface area contributed by atoms with Gasteiger partial charge in [-0.25, -0.2) is 0 Å². The Hall–Kier alpha value is -0.590. The van der Waals surface area contributed by atoms with Gasteiger partial charge >= 0.3 is 0 Å². The van der Waals surface area contributed by atoms with Crippen LogP contribution in [-0.4, -0.2) is 34.0 Å². The highest BCUT2D eigenvalue weighted by Gasteiger charge is 2.16. The average Bonchev–Trinajstić information content (AvgIpc) is 2.94. The van der Waals surface area contributed by atoms with Crippen LogP contribution in [0.1, 0.15) is 18.4 Å². The minimum absolute atomic E-state index is 0.0210. The SMILES string of the molecule is Cc1ccc(NC(=O)CSC(=S)N2CCCC2)cc1Br. The van der Waals surface area contributed by atoms with Crippen molar-refractivity contribution in [3.63, 3.8) is 0 Å². The lowest BCUT2D eigenvalue weighted by atomic mass is 10.2. The minimum atomic E-state index is -0.0210. The van der Waals surface area contributed by atoms with E-state index in [1.165, 1.54) is 24.6 Å². The maximum absolute atomic E-state index is 11.9. The number of carbonyl (C=O) groups excluding carboxylic acids is 1. The molecule has 0 saturated carbocycles. The maximum Gasteiger partial charge on any atom is 0.234 e. The van der Waals surface area contributed by atoms with Gasteiger partial charge in [-0.3, -0.25) is 4.79 Å². The van der Waals surface area contributed by atoms with Crippen molar-refractivity contribution in [3.8, 4) is 0 Å². The molecule has 1 N–H and O–H groups in total. The molecule has 0 spiro atoms. The van der Waals surface area contributed by atoms with E-state index in [2.05, 4.69) is 26.1 Å². The molecule has 2 rings (SSSR count). The zero-order valence-electron chi connectivity index (χ0n) is 11.3. The average molecular weight is 373 g/mol. The highest BCUT2D eigenvalue weighted by atomic mass is 79.9. The summed E-state index contributed by atoms with van der Waals surface area (Å²) in [6.07, 6.45) is 2.40. The first-order valence-corrected chi connectivity index (χ1v) is 8.72. The highest BCUT2D eigenvalue weighted by molar-refractivity contribution is 9.10. The van der Waals surface area contributed by atoms with Crippen LogP contribution in [0.2, 0.25) is 0 Å². The van der Waals surface area contributed by atoms with Gasteiger partial charge in [0, 0.05) is 23.2 Å². The second kappa shape index (κ2) is 7.43. The molecule has 1 aliphatic rings. The number of carbonyl (C=O) groups is 1. The molecule has 1 aliphatic heterocycles. The summed E-state index contributed by atoms with van der Waals surface area (Å²) in [5.74, 6) is 0.341. The number of aryl methyl sites for hydroxylation is 1. The Labute approximate surface area is 137 Å². The van der Waals surface area contributed by atoms with Gasteiger partial charge in [0.2, 0.25) is 5.91 Å². The molecule has 0 aromatic heterocycles. The first-order valence-electron chi connectivity index (χ1n) is 6.54. The first kappa shape index (κ1) is 15.8. The fourth-order valence-electron chi connectivity index (χ4n) is 1.99. The van der Waals surface area contributed by atoms with Crippen molar-refractivity contribution < 1.29 is 4.79 Å². The van der Waals surface area contributed by atoms with Gasteiger partial charge in [0.25, 0.3) is 0 Å². The van der Waals surface area contributed by atoms with Gasteiger partial charge in [0.15, 0.2) is 0 Å². The van der Waals surface area contributed by atoms with E-state index in [1.54, 1.807) is 0 Å². The number of likely N-dealkylation sites (tertiary alicyclic amines) is 1. The Kier molecular flexibility index (Phi) is 5.86.